The lowest BCUT2D eigenvalue weighted by atomic mass is 10.0. The summed E-state index contributed by atoms with van der Waals surface area (Å²) >= 11 is 0. The average molecular weight is 472 g/mol. The molecule has 1 aliphatic heterocycles. The fourth-order valence-electron chi connectivity index (χ4n) is 3.18. The Morgan fingerprint density at radius 3 is 2.50 bits per heavy atom. The van der Waals surface area contributed by atoms with Gasteiger partial charge < -0.3 is 15.4 Å². The predicted octanol–water partition coefficient (Wildman–Crippen LogP) is 3.58. The molecule has 1 fully saturated rings. The first-order chi connectivity index (χ1) is 12.3. The van der Waals surface area contributed by atoms with Crippen molar-refractivity contribution in [1.82, 2.24) is 15.5 Å². The maximum atomic E-state index is 5.30. The molecule has 1 saturated heterocycles. The second-order valence-corrected chi connectivity index (χ2v) is 6.27. The Hall–Kier alpha value is -1.28. The van der Waals surface area contributed by atoms with Crippen LogP contribution in [0.1, 0.15) is 37.8 Å². The van der Waals surface area contributed by atoms with Gasteiger partial charge in [0.2, 0.25) is 0 Å². The molecule has 0 amide bonds. The molecule has 0 saturated carbocycles. The van der Waals surface area contributed by atoms with Gasteiger partial charge in [0.05, 0.1) is 19.7 Å². The van der Waals surface area contributed by atoms with E-state index in [-0.39, 0.29) is 24.0 Å². The number of guanidine groups is 1. The monoisotopic (exact) mass is 472 g/mol. The number of rotatable bonds is 8. The molecule has 1 aliphatic rings. The molecule has 0 aliphatic carbocycles. The molecule has 26 heavy (non-hydrogen) atoms. The first-order valence-electron chi connectivity index (χ1n) is 9.29. The van der Waals surface area contributed by atoms with Crippen LogP contribution in [0.2, 0.25) is 0 Å². The number of aliphatic imine (C=N–C) groups is 1. The molecule has 0 bridgehead atoms. The Morgan fingerprint density at radius 2 is 1.92 bits per heavy atom. The van der Waals surface area contributed by atoms with E-state index in [0.29, 0.717) is 12.6 Å². The van der Waals surface area contributed by atoms with Crippen LogP contribution in [0.25, 0.3) is 0 Å². The quantitative estimate of drug-likeness (QED) is 0.263. The minimum Gasteiger partial charge on any atom is -0.497 e. The molecule has 1 unspecified atom stereocenters. The number of halogens is 1. The molecule has 0 aromatic heterocycles. The molecule has 6 heteroatoms. The van der Waals surface area contributed by atoms with Crippen LogP contribution >= 0.6 is 24.0 Å². The molecule has 1 aromatic carbocycles. The summed E-state index contributed by atoms with van der Waals surface area (Å²) < 4.78 is 5.30. The maximum absolute atomic E-state index is 5.30. The van der Waals surface area contributed by atoms with Crippen LogP contribution < -0.4 is 15.4 Å². The van der Waals surface area contributed by atoms with Gasteiger partial charge in [-0.3, -0.25) is 9.89 Å². The lowest BCUT2D eigenvalue weighted by Gasteiger charge is -2.34. The summed E-state index contributed by atoms with van der Waals surface area (Å²) in [6.07, 6.45) is 5.72. The summed E-state index contributed by atoms with van der Waals surface area (Å²) in [7, 11) is 1.70. The Morgan fingerprint density at radius 1 is 1.23 bits per heavy atom. The van der Waals surface area contributed by atoms with Crippen molar-refractivity contribution in [3.05, 3.63) is 42.5 Å². The molecular formula is C20H33IN4O. The maximum Gasteiger partial charge on any atom is 0.191 e. The molecule has 1 atom stereocenters. The molecule has 2 rings (SSSR count). The molecule has 146 valence electrons. The van der Waals surface area contributed by atoms with Crippen LogP contribution in [0, 0.1) is 0 Å². The van der Waals surface area contributed by atoms with E-state index in [1.165, 1.54) is 24.8 Å². The van der Waals surface area contributed by atoms with Gasteiger partial charge in [0.15, 0.2) is 5.96 Å². The number of ether oxygens (including phenoxy) is 1. The first-order valence-corrected chi connectivity index (χ1v) is 9.29. The summed E-state index contributed by atoms with van der Waals surface area (Å²) in [6, 6.07) is 8.70. The summed E-state index contributed by atoms with van der Waals surface area (Å²) in [5.74, 6) is 1.74. The number of hydrogen-bond donors (Lipinski definition) is 2. The smallest absolute Gasteiger partial charge is 0.191 e. The van der Waals surface area contributed by atoms with Gasteiger partial charge in [-0.2, -0.15) is 0 Å². The average Bonchev–Trinajstić information content (AvgIpc) is 2.67. The van der Waals surface area contributed by atoms with E-state index in [1.807, 2.05) is 18.2 Å². The Balaban J connectivity index is 0.00000338. The third-order valence-electron chi connectivity index (χ3n) is 4.51. The fraction of sp³-hybridized carbons (Fsp3) is 0.550. The third kappa shape index (κ3) is 7.15. The highest BCUT2D eigenvalue weighted by atomic mass is 127. The van der Waals surface area contributed by atoms with Gasteiger partial charge in [0.1, 0.15) is 5.75 Å². The van der Waals surface area contributed by atoms with Gasteiger partial charge in [-0.25, -0.2) is 0 Å². The number of benzene rings is 1. The second kappa shape index (κ2) is 13.0. The van der Waals surface area contributed by atoms with Crippen molar-refractivity contribution in [2.24, 2.45) is 4.99 Å². The van der Waals surface area contributed by atoms with E-state index in [2.05, 4.69) is 41.2 Å². The molecule has 0 spiro atoms. The normalized spacial score (nSPS) is 16.3. The minimum atomic E-state index is 0. The van der Waals surface area contributed by atoms with Crippen LogP contribution in [0.5, 0.6) is 5.75 Å². The van der Waals surface area contributed by atoms with E-state index < -0.39 is 0 Å². The van der Waals surface area contributed by atoms with Gasteiger partial charge in [0, 0.05) is 13.1 Å². The number of nitrogens with zero attached hydrogens (tertiary/aromatic N) is 2. The highest BCUT2D eigenvalue weighted by Crippen LogP contribution is 2.26. The Kier molecular flexibility index (Phi) is 11.4. The second-order valence-electron chi connectivity index (χ2n) is 6.27. The van der Waals surface area contributed by atoms with Crippen LogP contribution in [-0.2, 0) is 0 Å². The molecule has 1 heterocycles. The van der Waals surface area contributed by atoms with Crippen molar-refractivity contribution in [2.45, 2.75) is 32.2 Å². The van der Waals surface area contributed by atoms with E-state index in [4.69, 9.17) is 9.73 Å². The largest absolute Gasteiger partial charge is 0.497 e. The standard InChI is InChI=1S/C20H32N4O.HI/c1-4-13-22-20(21-5-2)23-16-19(24-14-7-6-8-15-24)17-9-11-18(25-3)12-10-17;/h4,9-12,19H,1,5-8,13-16H2,2-3H3,(H2,21,22,23);1H. The number of nitrogens with one attached hydrogen (secondary N) is 2. The van der Waals surface area contributed by atoms with E-state index in [1.54, 1.807) is 7.11 Å². The zero-order valence-electron chi connectivity index (χ0n) is 16.0. The Labute approximate surface area is 175 Å². The summed E-state index contributed by atoms with van der Waals surface area (Å²) in [6.45, 7) is 10.4. The minimum absolute atomic E-state index is 0. The predicted molar refractivity (Wildman–Crippen MR) is 121 cm³/mol. The molecule has 5 nitrogen and oxygen atoms in total. The lowest BCUT2D eigenvalue weighted by Crippen LogP contribution is -2.39. The first kappa shape index (κ1) is 22.8. The highest BCUT2D eigenvalue weighted by molar-refractivity contribution is 14.0. The van der Waals surface area contributed by atoms with Crippen molar-refractivity contribution in [3.63, 3.8) is 0 Å². The highest BCUT2D eigenvalue weighted by Gasteiger charge is 2.22. The van der Waals surface area contributed by atoms with Crippen molar-refractivity contribution < 1.29 is 4.74 Å². The van der Waals surface area contributed by atoms with Gasteiger partial charge in [-0.1, -0.05) is 24.6 Å². The fourth-order valence-corrected chi connectivity index (χ4v) is 3.18. The van der Waals surface area contributed by atoms with Crippen LogP contribution in [-0.4, -0.2) is 50.7 Å². The zero-order valence-corrected chi connectivity index (χ0v) is 18.4. The van der Waals surface area contributed by atoms with E-state index >= 15 is 0 Å². The van der Waals surface area contributed by atoms with Gasteiger partial charge in [0.25, 0.3) is 0 Å². The molecule has 0 radical (unpaired) electrons. The summed E-state index contributed by atoms with van der Waals surface area (Å²) in [5, 5.41) is 6.58. The van der Waals surface area contributed by atoms with Gasteiger partial charge >= 0.3 is 0 Å². The van der Waals surface area contributed by atoms with Crippen molar-refractivity contribution in [2.75, 3.05) is 39.8 Å². The van der Waals surface area contributed by atoms with E-state index in [0.717, 1.165) is 37.9 Å². The van der Waals surface area contributed by atoms with Crippen LogP contribution in [0.4, 0.5) is 0 Å². The molecular weight excluding hydrogens is 439 g/mol. The van der Waals surface area contributed by atoms with Crippen molar-refractivity contribution in [3.8, 4) is 5.75 Å². The topological polar surface area (TPSA) is 48.9 Å². The number of likely N-dealkylation sites (tertiary alicyclic amines) is 1. The lowest BCUT2D eigenvalue weighted by molar-refractivity contribution is 0.167. The van der Waals surface area contributed by atoms with Crippen LogP contribution in [0.15, 0.2) is 41.9 Å². The van der Waals surface area contributed by atoms with Crippen molar-refractivity contribution in [1.29, 1.82) is 0 Å². The third-order valence-corrected chi connectivity index (χ3v) is 4.51. The molecule has 2 N–H and O–H groups in total. The summed E-state index contributed by atoms with van der Waals surface area (Å²) in [4.78, 5) is 7.38. The SMILES string of the molecule is C=CCNC(=NCC(c1ccc(OC)cc1)N1CCCCC1)NCC.I. The number of piperidine rings is 1. The number of hydrogen-bond acceptors (Lipinski definition) is 3. The van der Waals surface area contributed by atoms with Crippen LogP contribution in [0.3, 0.4) is 0 Å². The van der Waals surface area contributed by atoms with E-state index in [9.17, 15) is 0 Å². The zero-order chi connectivity index (χ0) is 17.9. The summed E-state index contributed by atoms with van der Waals surface area (Å²) in [5.41, 5.74) is 1.30. The van der Waals surface area contributed by atoms with Gasteiger partial charge in [-0.05, 0) is 50.6 Å². The number of methoxy groups -OCH3 is 1. The Bertz CT molecular complexity index is 541. The molecule has 1 aromatic rings. The van der Waals surface area contributed by atoms with Gasteiger partial charge in [-0.15, -0.1) is 30.6 Å². The van der Waals surface area contributed by atoms with Crippen molar-refractivity contribution >= 4 is 29.9 Å².